The summed E-state index contributed by atoms with van der Waals surface area (Å²) in [6, 6.07) is 0. The summed E-state index contributed by atoms with van der Waals surface area (Å²) in [6.07, 6.45) is 5.94. The highest BCUT2D eigenvalue weighted by Crippen LogP contribution is 2.42. The highest BCUT2D eigenvalue weighted by atomic mass is 32.2. The maximum Gasteiger partial charge on any atom is 0.324 e. The lowest BCUT2D eigenvalue weighted by Crippen LogP contribution is -2.52. The first-order chi connectivity index (χ1) is 9.21. The van der Waals surface area contributed by atoms with Crippen LogP contribution in [0.4, 0.5) is 0 Å². The zero-order chi connectivity index (χ0) is 15.0. The third kappa shape index (κ3) is 2.60. The summed E-state index contributed by atoms with van der Waals surface area (Å²) in [7, 11) is -3.72. The van der Waals surface area contributed by atoms with Gasteiger partial charge in [-0.2, -0.15) is 0 Å². The van der Waals surface area contributed by atoms with Gasteiger partial charge >= 0.3 is 5.97 Å². The molecule has 1 heterocycles. The van der Waals surface area contributed by atoms with Gasteiger partial charge in [-0.1, -0.05) is 19.3 Å². The number of carboxylic acid groups (broad SMARTS) is 1. The Labute approximate surface area is 120 Å². The molecule has 2 aliphatic rings. The molecule has 1 saturated carbocycles. The Hall–Kier alpha value is -0.620. The van der Waals surface area contributed by atoms with Crippen molar-refractivity contribution in [2.75, 3.05) is 6.61 Å². The van der Waals surface area contributed by atoms with Gasteiger partial charge in [-0.25, -0.2) is 8.42 Å². The van der Waals surface area contributed by atoms with Crippen molar-refractivity contribution in [2.24, 2.45) is 0 Å². The molecule has 0 amide bonds. The molecule has 116 valence electrons. The lowest BCUT2D eigenvalue weighted by molar-refractivity contribution is -0.139. The van der Waals surface area contributed by atoms with Crippen LogP contribution >= 0.6 is 0 Å². The fourth-order valence-corrected chi connectivity index (χ4v) is 5.34. The summed E-state index contributed by atoms with van der Waals surface area (Å²) in [5.74, 6) is -1.28. The van der Waals surface area contributed by atoms with Gasteiger partial charge in [0.25, 0.3) is 0 Å². The zero-order valence-corrected chi connectivity index (χ0v) is 13.0. The second-order valence-corrected chi connectivity index (χ2v) is 9.34. The third-order valence-electron chi connectivity index (χ3n) is 4.88. The van der Waals surface area contributed by atoms with Crippen LogP contribution in [0, 0.1) is 0 Å². The van der Waals surface area contributed by atoms with Gasteiger partial charge in [0.2, 0.25) is 0 Å². The largest absolute Gasteiger partial charge is 0.480 e. The quantitative estimate of drug-likeness (QED) is 0.864. The Balaban J connectivity index is 2.22. The maximum atomic E-state index is 12.6. The third-order valence-corrected chi connectivity index (χ3v) is 7.75. The van der Waals surface area contributed by atoms with Gasteiger partial charge in [0.1, 0.15) is 0 Å². The van der Waals surface area contributed by atoms with Gasteiger partial charge in [0, 0.05) is 6.61 Å². The summed E-state index contributed by atoms with van der Waals surface area (Å²) < 4.78 is 29.4. The molecule has 0 bridgehead atoms. The van der Waals surface area contributed by atoms with Crippen LogP contribution in [0.5, 0.6) is 0 Å². The van der Waals surface area contributed by atoms with E-state index in [1.54, 1.807) is 0 Å². The van der Waals surface area contributed by atoms with E-state index < -0.39 is 25.8 Å². The van der Waals surface area contributed by atoms with E-state index in [-0.39, 0.29) is 5.60 Å². The maximum absolute atomic E-state index is 12.6. The van der Waals surface area contributed by atoms with Crippen molar-refractivity contribution in [1.29, 1.82) is 0 Å². The molecular weight excluding hydrogens is 280 g/mol. The van der Waals surface area contributed by atoms with Crippen LogP contribution in [-0.2, 0) is 19.4 Å². The van der Waals surface area contributed by atoms with E-state index in [4.69, 9.17) is 4.74 Å². The molecular formula is C14H24O5S. The predicted molar refractivity (Wildman–Crippen MR) is 75.4 cm³/mol. The molecule has 0 aromatic rings. The molecule has 1 unspecified atom stereocenters. The highest BCUT2D eigenvalue weighted by molar-refractivity contribution is 7.94. The first-order valence-electron chi connectivity index (χ1n) is 7.32. The topological polar surface area (TPSA) is 80.7 Å². The molecule has 0 aromatic carbocycles. The molecule has 6 heteroatoms. The Kier molecular flexibility index (Phi) is 4.17. The zero-order valence-electron chi connectivity index (χ0n) is 12.2. The van der Waals surface area contributed by atoms with Crippen molar-refractivity contribution in [3.05, 3.63) is 0 Å². The number of carbonyl (C=O) groups is 1. The lowest BCUT2D eigenvalue weighted by atomic mass is 9.80. The molecule has 0 radical (unpaired) electrons. The van der Waals surface area contributed by atoms with Crippen molar-refractivity contribution in [2.45, 2.75) is 74.4 Å². The van der Waals surface area contributed by atoms with Crippen LogP contribution in [0.25, 0.3) is 0 Å². The molecule has 1 atom stereocenters. The smallest absolute Gasteiger partial charge is 0.324 e. The van der Waals surface area contributed by atoms with Crippen LogP contribution < -0.4 is 0 Å². The SMILES string of the molecule is CC(C)(C(=O)O)S(=O)(=O)C1CCOC2(CCCCC2)C1. The molecule has 1 aliphatic carbocycles. The van der Waals surface area contributed by atoms with Crippen LogP contribution in [0.3, 0.4) is 0 Å². The first-order valence-corrected chi connectivity index (χ1v) is 8.87. The standard InChI is InChI=1S/C14H24O5S/c1-13(2,12(15)16)20(17,18)11-6-9-19-14(10-11)7-4-3-5-8-14/h11H,3-10H2,1-2H3,(H,15,16). The fraction of sp³-hybridized carbons (Fsp3) is 0.929. The molecule has 5 nitrogen and oxygen atoms in total. The number of hydrogen-bond donors (Lipinski definition) is 1. The normalized spacial score (nSPS) is 27.4. The fourth-order valence-electron chi connectivity index (χ4n) is 3.33. The van der Waals surface area contributed by atoms with Gasteiger partial charge in [0.15, 0.2) is 14.6 Å². The van der Waals surface area contributed by atoms with Crippen LogP contribution in [0.1, 0.15) is 58.8 Å². The van der Waals surface area contributed by atoms with Gasteiger partial charge in [-0.05, 0) is 39.5 Å². The average molecular weight is 304 g/mol. The second-order valence-electron chi connectivity index (χ2n) is 6.57. The molecule has 0 aromatic heterocycles. The van der Waals surface area contributed by atoms with Crippen molar-refractivity contribution in [3.8, 4) is 0 Å². The summed E-state index contributed by atoms with van der Waals surface area (Å²) >= 11 is 0. The van der Waals surface area contributed by atoms with Gasteiger partial charge < -0.3 is 9.84 Å². The summed E-state index contributed by atoms with van der Waals surface area (Å²) in [5, 5.41) is 8.60. The van der Waals surface area contributed by atoms with Crippen LogP contribution in [0.2, 0.25) is 0 Å². The van der Waals surface area contributed by atoms with Crippen molar-refractivity contribution >= 4 is 15.8 Å². The number of carboxylic acids is 1. The number of sulfone groups is 1. The predicted octanol–water partition coefficient (Wildman–Crippen LogP) is 2.15. The van der Waals surface area contributed by atoms with Crippen molar-refractivity contribution in [3.63, 3.8) is 0 Å². The summed E-state index contributed by atoms with van der Waals surface area (Å²) in [4.78, 5) is 11.3. The number of hydrogen-bond acceptors (Lipinski definition) is 4. The minimum atomic E-state index is -3.72. The van der Waals surface area contributed by atoms with E-state index in [1.807, 2.05) is 0 Å². The molecule has 1 saturated heterocycles. The van der Waals surface area contributed by atoms with E-state index >= 15 is 0 Å². The van der Waals surface area contributed by atoms with Gasteiger partial charge in [-0.15, -0.1) is 0 Å². The van der Waals surface area contributed by atoms with E-state index in [2.05, 4.69) is 0 Å². The number of ether oxygens (including phenoxy) is 1. The van der Waals surface area contributed by atoms with E-state index in [1.165, 1.54) is 20.3 Å². The Morgan fingerprint density at radius 1 is 1.25 bits per heavy atom. The molecule has 1 N–H and O–H groups in total. The van der Waals surface area contributed by atoms with Gasteiger partial charge in [-0.3, -0.25) is 4.79 Å². The number of aliphatic carboxylic acids is 1. The van der Waals surface area contributed by atoms with Crippen molar-refractivity contribution < 1.29 is 23.1 Å². The van der Waals surface area contributed by atoms with Gasteiger partial charge in [0.05, 0.1) is 10.9 Å². The van der Waals surface area contributed by atoms with Crippen molar-refractivity contribution in [1.82, 2.24) is 0 Å². The van der Waals surface area contributed by atoms with E-state index in [0.29, 0.717) is 19.4 Å². The Morgan fingerprint density at radius 2 is 1.85 bits per heavy atom. The number of rotatable bonds is 3. The lowest BCUT2D eigenvalue weighted by Gasteiger charge is -2.44. The van der Waals surface area contributed by atoms with E-state index in [9.17, 15) is 18.3 Å². The molecule has 1 spiro atoms. The minimum Gasteiger partial charge on any atom is -0.480 e. The van der Waals surface area contributed by atoms with Crippen LogP contribution in [0.15, 0.2) is 0 Å². The average Bonchev–Trinajstić information content (AvgIpc) is 2.39. The Bertz CT molecular complexity index is 468. The molecule has 2 fully saturated rings. The molecule has 1 aliphatic heterocycles. The monoisotopic (exact) mass is 304 g/mol. The summed E-state index contributed by atoms with van der Waals surface area (Å²) in [5.41, 5.74) is -0.331. The molecule has 20 heavy (non-hydrogen) atoms. The second kappa shape index (κ2) is 5.30. The minimum absolute atomic E-state index is 0.331. The highest BCUT2D eigenvalue weighted by Gasteiger charge is 2.50. The summed E-state index contributed by atoms with van der Waals surface area (Å²) in [6.45, 7) is 2.99. The Morgan fingerprint density at radius 3 is 2.40 bits per heavy atom. The van der Waals surface area contributed by atoms with Crippen LogP contribution in [-0.4, -0.2) is 41.7 Å². The molecule has 2 rings (SSSR count). The first kappa shape index (κ1) is 15.8. The van der Waals surface area contributed by atoms with E-state index in [0.717, 1.165) is 25.7 Å².